The molecule has 34 heavy (non-hydrogen) atoms. The van der Waals surface area contributed by atoms with Crippen LogP contribution in [0.25, 0.3) is 6.08 Å². The zero-order valence-corrected chi connectivity index (χ0v) is 20.1. The third kappa shape index (κ3) is 5.84. The Kier molecular flexibility index (Phi) is 8.46. The normalized spacial score (nSPS) is 20.5. The minimum absolute atomic E-state index is 0.0971. The zero-order valence-electron chi connectivity index (χ0n) is 19.3. The lowest BCUT2D eigenvalue weighted by molar-refractivity contribution is -0.130. The van der Waals surface area contributed by atoms with Gasteiger partial charge >= 0.3 is 5.97 Å². The lowest BCUT2D eigenvalue weighted by Gasteiger charge is -2.37. The Bertz CT molecular complexity index is 1060. The summed E-state index contributed by atoms with van der Waals surface area (Å²) in [5.74, 6) is -1.20. The molecule has 0 spiro atoms. The molecule has 2 aliphatic heterocycles. The number of hydrogen-bond donors (Lipinski definition) is 2. The largest absolute Gasteiger partial charge is 0.496 e. The molecule has 0 aromatic heterocycles. The Morgan fingerprint density at radius 2 is 2.09 bits per heavy atom. The van der Waals surface area contributed by atoms with Crippen molar-refractivity contribution in [1.82, 2.24) is 10.2 Å². The number of benzene rings is 1. The van der Waals surface area contributed by atoms with E-state index in [1.54, 1.807) is 24.2 Å². The number of nitrogens with one attached hydrogen (secondary N) is 1. The number of likely N-dealkylation sites (tertiary alicyclic amines) is 1. The van der Waals surface area contributed by atoms with Gasteiger partial charge in [0, 0.05) is 38.3 Å². The van der Waals surface area contributed by atoms with Crippen LogP contribution in [0, 0.1) is 0 Å². The maximum absolute atomic E-state index is 12.8. The number of ether oxygens (including phenoxy) is 2. The molecule has 0 aliphatic carbocycles. The summed E-state index contributed by atoms with van der Waals surface area (Å²) < 4.78 is 10.8. The highest BCUT2D eigenvalue weighted by Crippen LogP contribution is 2.26. The number of nitrogens with zero attached hydrogens (tertiary/aromatic N) is 2. The maximum Gasteiger partial charge on any atom is 0.335 e. The molecule has 1 fully saturated rings. The van der Waals surface area contributed by atoms with Gasteiger partial charge in [0.25, 0.3) is 5.91 Å². The third-order valence-corrected chi connectivity index (χ3v) is 6.32. The van der Waals surface area contributed by atoms with Crippen LogP contribution in [0.1, 0.15) is 42.1 Å². The number of carbonyl (C=O) groups excluding carboxylic acids is 2. The summed E-state index contributed by atoms with van der Waals surface area (Å²) in [4.78, 5) is 42.4. The number of allylic oxidation sites excluding steroid dienone is 1. The minimum Gasteiger partial charge on any atom is -0.496 e. The predicted octanol–water partition coefficient (Wildman–Crippen LogP) is 2.84. The van der Waals surface area contributed by atoms with E-state index in [9.17, 15) is 14.4 Å². The fraction of sp³-hybridized carbons (Fsp3) is 0.417. The van der Waals surface area contributed by atoms with Crippen molar-refractivity contribution in [1.29, 1.82) is 0 Å². The number of carboxylic acids is 1. The number of halogens is 1. The number of carboxylic acid groups (broad SMARTS) is 1. The Labute approximate surface area is 203 Å². The monoisotopic (exact) mass is 489 g/mol. The molecule has 2 N–H and O–H groups in total. The van der Waals surface area contributed by atoms with Crippen LogP contribution in [0.15, 0.2) is 40.0 Å². The number of carbonyl (C=O) groups is 3. The van der Waals surface area contributed by atoms with Gasteiger partial charge in [-0.1, -0.05) is 24.6 Å². The highest BCUT2D eigenvalue weighted by atomic mass is 35.5. The summed E-state index contributed by atoms with van der Waals surface area (Å²) in [5, 5.41) is 12.5. The molecule has 9 nitrogen and oxygen atoms in total. The van der Waals surface area contributed by atoms with Crippen molar-refractivity contribution in [2.75, 3.05) is 27.3 Å². The molecule has 1 aromatic rings. The molecule has 3 rings (SSSR count). The molecule has 0 bridgehead atoms. The van der Waals surface area contributed by atoms with E-state index in [0.717, 1.165) is 12.0 Å². The summed E-state index contributed by atoms with van der Waals surface area (Å²) in [6, 6.07) is 4.18. The van der Waals surface area contributed by atoms with E-state index in [-0.39, 0.29) is 29.5 Å². The van der Waals surface area contributed by atoms with Crippen LogP contribution in [-0.4, -0.2) is 73.0 Å². The SMILES string of the molecule is CCC1=C(Cl)N=C(C(=O)N[C@@H]2CCN(C(=O)/C=C/c3ccc(C(=O)O)cc3OC)C[C@@H]2OC)C1. The van der Waals surface area contributed by atoms with Crippen LogP contribution in [0.5, 0.6) is 5.75 Å². The van der Waals surface area contributed by atoms with E-state index < -0.39 is 5.97 Å². The number of aliphatic imine (C=N–C) groups is 1. The second-order valence-electron chi connectivity index (χ2n) is 8.01. The van der Waals surface area contributed by atoms with Crippen molar-refractivity contribution in [2.24, 2.45) is 4.99 Å². The van der Waals surface area contributed by atoms with Gasteiger partial charge in [0.1, 0.15) is 16.6 Å². The molecular formula is C24H28ClN3O6. The summed E-state index contributed by atoms with van der Waals surface area (Å²) in [7, 11) is 2.98. The smallest absolute Gasteiger partial charge is 0.335 e. The van der Waals surface area contributed by atoms with Crippen molar-refractivity contribution < 1.29 is 29.0 Å². The van der Waals surface area contributed by atoms with E-state index in [2.05, 4.69) is 10.3 Å². The fourth-order valence-electron chi connectivity index (χ4n) is 3.93. The van der Waals surface area contributed by atoms with Crippen molar-refractivity contribution in [3.05, 3.63) is 46.1 Å². The van der Waals surface area contributed by atoms with Gasteiger partial charge in [-0.3, -0.25) is 9.59 Å². The molecule has 2 heterocycles. The highest BCUT2D eigenvalue weighted by Gasteiger charge is 2.33. The van der Waals surface area contributed by atoms with E-state index in [1.165, 1.54) is 25.3 Å². The minimum atomic E-state index is -1.06. The third-order valence-electron chi connectivity index (χ3n) is 5.97. The molecule has 2 aliphatic rings. The first-order chi connectivity index (χ1) is 16.3. The lowest BCUT2D eigenvalue weighted by Crippen LogP contribution is -2.56. The van der Waals surface area contributed by atoms with Crippen molar-refractivity contribution in [3.63, 3.8) is 0 Å². The van der Waals surface area contributed by atoms with Gasteiger partial charge in [-0.15, -0.1) is 0 Å². The van der Waals surface area contributed by atoms with Crippen LogP contribution in [0.2, 0.25) is 0 Å². The number of piperidine rings is 1. The van der Waals surface area contributed by atoms with Gasteiger partial charge in [-0.05, 0) is 36.6 Å². The van der Waals surface area contributed by atoms with Crippen molar-refractivity contribution in [3.8, 4) is 5.75 Å². The lowest BCUT2D eigenvalue weighted by atomic mass is 10.0. The Balaban J connectivity index is 1.60. The number of hydrogen-bond acceptors (Lipinski definition) is 6. The van der Waals surface area contributed by atoms with Crippen LogP contribution in [0.4, 0.5) is 0 Å². The number of rotatable bonds is 8. The van der Waals surface area contributed by atoms with Gasteiger partial charge in [-0.2, -0.15) is 0 Å². The second-order valence-corrected chi connectivity index (χ2v) is 8.36. The van der Waals surface area contributed by atoms with E-state index in [0.29, 0.717) is 48.1 Å². The molecule has 10 heteroatoms. The quantitative estimate of drug-likeness (QED) is 0.428. The van der Waals surface area contributed by atoms with Crippen molar-refractivity contribution in [2.45, 2.75) is 38.3 Å². The van der Waals surface area contributed by atoms with Gasteiger partial charge in [0.05, 0.1) is 24.8 Å². The summed E-state index contributed by atoms with van der Waals surface area (Å²) in [5.41, 5.74) is 2.01. The molecule has 2 atom stereocenters. The molecule has 1 aromatic carbocycles. The van der Waals surface area contributed by atoms with Crippen LogP contribution in [0.3, 0.4) is 0 Å². The number of methoxy groups -OCH3 is 2. The first-order valence-corrected chi connectivity index (χ1v) is 11.3. The standard InChI is InChI=1S/C24H28ClN3O6/c1-4-14-11-18(26-22(14)25)23(30)27-17-9-10-28(13-20(17)34-3)21(29)8-7-15-5-6-16(24(31)32)12-19(15)33-2/h5-8,12,17,20H,4,9-11,13H2,1-3H3,(H,27,30)(H,31,32)/b8-7+/t17-,20+/m1/s1. The second kappa shape index (κ2) is 11.3. The molecule has 0 radical (unpaired) electrons. The maximum atomic E-state index is 12.8. The number of aromatic carboxylic acids is 1. The van der Waals surface area contributed by atoms with E-state index >= 15 is 0 Å². The average Bonchev–Trinajstić information content (AvgIpc) is 3.23. The first-order valence-electron chi connectivity index (χ1n) is 10.9. The van der Waals surface area contributed by atoms with E-state index in [4.69, 9.17) is 26.2 Å². The van der Waals surface area contributed by atoms with Crippen LogP contribution < -0.4 is 10.1 Å². The Morgan fingerprint density at radius 3 is 2.71 bits per heavy atom. The van der Waals surface area contributed by atoms with Crippen LogP contribution >= 0.6 is 11.6 Å². The molecule has 1 saturated heterocycles. The Hall–Kier alpha value is -3.17. The summed E-state index contributed by atoms with van der Waals surface area (Å²) in [6.45, 7) is 2.72. The van der Waals surface area contributed by atoms with Crippen LogP contribution in [-0.2, 0) is 14.3 Å². The molecule has 0 saturated carbocycles. The first kappa shape index (κ1) is 25.5. The topological polar surface area (TPSA) is 118 Å². The Morgan fingerprint density at radius 1 is 1.32 bits per heavy atom. The average molecular weight is 490 g/mol. The molecular weight excluding hydrogens is 462 g/mol. The van der Waals surface area contributed by atoms with Gasteiger partial charge < -0.3 is 24.8 Å². The molecule has 182 valence electrons. The summed E-state index contributed by atoms with van der Waals surface area (Å²) in [6.07, 6.45) is 4.33. The molecule has 0 unspecified atom stereocenters. The fourth-order valence-corrected chi connectivity index (χ4v) is 4.24. The van der Waals surface area contributed by atoms with E-state index in [1.807, 2.05) is 6.92 Å². The predicted molar refractivity (Wildman–Crippen MR) is 128 cm³/mol. The highest BCUT2D eigenvalue weighted by molar-refractivity contribution is 6.43. The molecule has 2 amide bonds. The zero-order chi connectivity index (χ0) is 24.8. The van der Waals surface area contributed by atoms with Gasteiger partial charge in [0.15, 0.2) is 0 Å². The summed E-state index contributed by atoms with van der Waals surface area (Å²) >= 11 is 6.09. The van der Waals surface area contributed by atoms with Crippen molar-refractivity contribution >= 4 is 41.2 Å². The van der Waals surface area contributed by atoms with Gasteiger partial charge in [0.2, 0.25) is 5.91 Å². The van der Waals surface area contributed by atoms with Gasteiger partial charge in [-0.25, -0.2) is 9.79 Å². The number of amides is 2.